The van der Waals surface area contributed by atoms with E-state index >= 15 is 0 Å². The Morgan fingerprint density at radius 1 is 0.614 bits per heavy atom. The minimum atomic E-state index is -1.33. The van der Waals surface area contributed by atoms with Gasteiger partial charge in [0, 0.05) is 29.7 Å². The lowest BCUT2D eigenvalue weighted by Gasteiger charge is -2.31. The van der Waals surface area contributed by atoms with Gasteiger partial charge in [0.05, 0.1) is 17.2 Å². The van der Waals surface area contributed by atoms with E-state index in [1.165, 1.54) is 6.07 Å². The smallest absolute Gasteiger partial charge is 0.344 e. The molecule has 5 rings (SSSR count). The van der Waals surface area contributed by atoms with E-state index in [0.717, 1.165) is 42.5 Å². The summed E-state index contributed by atoms with van der Waals surface area (Å²) in [6, 6.07) is 7.53. The second-order valence-electron chi connectivity index (χ2n) is 9.62. The fraction of sp³-hybridized carbons (Fsp3) is 0.103. The van der Waals surface area contributed by atoms with Gasteiger partial charge in [-0.25, -0.2) is 9.59 Å². The molecule has 1 aliphatic rings. The lowest BCUT2D eigenvalue weighted by atomic mass is 9.93. The van der Waals surface area contributed by atoms with Crippen molar-refractivity contribution in [3.8, 4) is 69.0 Å². The van der Waals surface area contributed by atoms with Gasteiger partial charge in [-0.15, -0.1) is 0 Å². The number of benzene rings is 4. The molecule has 0 spiro atoms. The monoisotopic (exact) mass is 610 g/mol. The van der Waals surface area contributed by atoms with Crippen LogP contribution in [0.4, 0.5) is 0 Å². The molecule has 4 aromatic rings. The minimum Gasteiger partial charge on any atom is -0.507 e. The van der Waals surface area contributed by atoms with Crippen LogP contribution < -0.4 is 14.2 Å². The molecule has 15 nitrogen and oxygen atoms in total. The summed E-state index contributed by atoms with van der Waals surface area (Å²) in [5.74, 6) is -10.2. The van der Waals surface area contributed by atoms with Gasteiger partial charge in [-0.05, 0) is 36.4 Å². The molecule has 228 valence electrons. The van der Waals surface area contributed by atoms with E-state index in [0.29, 0.717) is 0 Å². The summed E-state index contributed by atoms with van der Waals surface area (Å²) < 4.78 is 16.0. The van der Waals surface area contributed by atoms with E-state index in [9.17, 15) is 60.7 Å². The van der Waals surface area contributed by atoms with E-state index in [4.69, 9.17) is 14.2 Å². The zero-order valence-corrected chi connectivity index (χ0v) is 22.0. The highest BCUT2D eigenvalue weighted by Crippen LogP contribution is 2.46. The van der Waals surface area contributed by atoms with Gasteiger partial charge >= 0.3 is 11.9 Å². The van der Waals surface area contributed by atoms with Crippen molar-refractivity contribution in [2.45, 2.75) is 18.6 Å². The number of fused-ring (bicyclic) bond motifs is 1. The molecule has 0 saturated carbocycles. The highest BCUT2D eigenvalue weighted by atomic mass is 16.6. The first-order chi connectivity index (χ1) is 20.7. The molecule has 1 aliphatic heterocycles. The molecule has 0 bridgehead atoms. The third-order valence-electron chi connectivity index (χ3n) is 6.59. The Bertz CT molecular complexity index is 1760. The van der Waals surface area contributed by atoms with Crippen LogP contribution in [0.1, 0.15) is 37.9 Å². The van der Waals surface area contributed by atoms with Gasteiger partial charge in [-0.2, -0.15) is 0 Å². The molecule has 4 aromatic carbocycles. The summed E-state index contributed by atoms with van der Waals surface area (Å²) in [6.45, 7) is 0. The average Bonchev–Trinajstić information content (AvgIpc) is 2.95. The summed E-state index contributed by atoms with van der Waals surface area (Å²) in [7, 11) is 0. The molecule has 15 heteroatoms. The number of aromatic hydroxyl groups is 9. The molecule has 0 fully saturated rings. The maximum absolute atomic E-state index is 12.6. The Hall–Kier alpha value is -6.22. The van der Waals surface area contributed by atoms with E-state index in [2.05, 4.69) is 0 Å². The molecular formula is C29H22O15. The standard InChI is InChI=1S/C29H22O15/c30-15-7-13(42-28(40)11-3-16(31)24(38)17(32)4-11)8-23-14(15)9-22(37)26(43-23)10-1-20(35)27(21(36)2-10)44-29(41)12-5-18(33)25(39)19(34)6-12/h1-8,22,26,30-39H,9H2/t22-,26+/m1/s1. The number of phenols is 9. The number of carbonyl (C=O) groups excluding carboxylic acids is 2. The van der Waals surface area contributed by atoms with Crippen molar-refractivity contribution in [3.63, 3.8) is 0 Å². The third-order valence-corrected chi connectivity index (χ3v) is 6.59. The van der Waals surface area contributed by atoms with Gasteiger partial charge < -0.3 is 65.3 Å². The average molecular weight is 610 g/mol. The number of ether oxygens (including phenoxy) is 3. The van der Waals surface area contributed by atoms with Gasteiger partial charge in [0.25, 0.3) is 0 Å². The first-order valence-corrected chi connectivity index (χ1v) is 12.4. The van der Waals surface area contributed by atoms with Gasteiger partial charge in [0.1, 0.15) is 17.2 Å². The van der Waals surface area contributed by atoms with Gasteiger partial charge in [-0.1, -0.05) is 0 Å². The molecule has 44 heavy (non-hydrogen) atoms. The summed E-state index contributed by atoms with van der Waals surface area (Å²) in [4.78, 5) is 25.0. The number of rotatable bonds is 5. The zero-order valence-electron chi connectivity index (χ0n) is 22.0. The Balaban J connectivity index is 1.38. The fourth-order valence-corrected chi connectivity index (χ4v) is 4.45. The highest BCUT2D eigenvalue weighted by Gasteiger charge is 2.34. The quantitative estimate of drug-likeness (QED) is 0.0884. The Kier molecular flexibility index (Phi) is 7.24. The van der Waals surface area contributed by atoms with Crippen LogP contribution in [-0.2, 0) is 6.42 Å². The minimum absolute atomic E-state index is 0.00481. The van der Waals surface area contributed by atoms with Crippen molar-refractivity contribution in [1.29, 1.82) is 0 Å². The first-order valence-electron chi connectivity index (χ1n) is 12.4. The Labute approximate surface area is 245 Å². The molecular weight excluding hydrogens is 588 g/mol. The molecule has 0 amide bonds. The number of phenolic OH excluding ortho intramolecular Hbond substituents is 9. The van der Waals surface area contributed by atoms with Gasteiger partial charge in [-0.3, -0.25) is 0 Å². The van der Waals surface area contributed by atoms with Crippen molar-refractivity contribution < 1.29 is 74.9 Å². The molecule has 0 unspecified atom stereocenters. The van der Waals surface area contributed by atoms with Gasteiger partial charge in [0.15, 0.2) is 52.1 Å². The Morgan fingerprint density at radius 3 is 1.59 bits per heavy atom. The molecule has 1 heterocycles. The largest absolute Gasteiger partial charge is 0.507 e. The van der Waals surface area contributed by atoms with Crippen molar-refractivity contribution in [2.24, 2.45) is 0 Å². The first kappa shape index (κ1) is 29.3. The SMILES string of the molecule is O=C(Oc1cc(O)c2c(c1)O[C@@H](c1cc(O)c(OC(=O)c3cc(O)c(O)c(O)c3)c(O)c1)[C@H](O)C2)c1cc(O)c(O)c(O)c1. The topological polar surface area (TPSA) is 264 Å². The predicted molar refractivity (Wildman–Crippen MR) is 144 cm³/mol. The molecule has 0 saturated heterocycles. The molecule has 0 aromatic heterocycles. The van der Waals surface area contributed by atoms with E-state index in [-0.39, 0.29) is 34.6 Å². The lowest BCUT2D eigenvalue weighted by molar-refractivity contribution is 0.0195. The summed E-state index contributed by atoms with van der Waals surface area (Å²) in [6.07, 6.45) is -2.79. The predicted octanol–water partition coefficient (Wildman–Crippen LogP) is 2.51. The maximum atomic E-state index is 12.6. The molecule has 2 atom stereocenters. The number of hydrogen-bond acceptors (Lipinski definition) is 15. The number of aliphatic hydroxyl groups is 1. The van der Waals surface area contributed by atoms with Crippen molar-refractivity contribution in [2.75, 3.05) is 0 Å². The van der Waals surface area contributed by atoms with Crippen molar-refractivity contribution >= 4 is 11.9 Å². The molecule has 0 aliphatic carbocycles. The van der Waals surface area contributed by atoms with E-state index < -0.39 is 87.2 Å². The van der Waals surface area contributed by atoms with E-state index in [1.807, 2.05) is 0 Å². The van der Waals surface area contributed by atoms with Crippen LogP contribution in [0.3, 0.4) is 0 Å². The lowest BCUT2D eigenvalue weighted by Crippen LogP contribution is -2.30. The van der Waals surface area contributed by atoms with E-state index in [1.54, 1.807) is 0 Å². The fourth-order valence-electron chi connectivity index (χ4n) is 4.45. The van der Waals surface area contributed by atoms with Crippen LogP contribution in [0, 0.1) is 0 Å². The van der Waals surface area contributed by atoms with Crippen molar-refractivity contribution in [3.05, 3.63) is 70.8 Å². The van der Waals surface area contributed by atoms with Crippen LogP contribution in [-0.4, -0.2) is 69.1 Å². The van der Waals surface area contributed by atoms with Crippen molar-refractivity contribution in [1.82, 2.24) is 0 Å². The van der Waals surface area contributed by atoms with Gasteiger partial charge in [0.2, 0.25) is 5.75 Å². The summed E-state index contributed by atoms with van der Waals surface area (Å²) in [5, 5.41) is 99.8. The van der Waals surface area contributed by atoms with Crippen LogP contribution >= 0.6 is 0 Å². The third kappa shape index (κ3) is 5.37. The van der Waals surface area contributed by atoms with Crippen LogP contribution in [0.5, 0.6) is 69.0 Å². The second-order valence-corrected chi connectivity index (χ2v) is 9.62. The van der Waals surface area contributed by atoms with Crippen LogP contribution in [0.15, 0.2) is 48.5 Å². The van der Waals surface area contributed by atoms with Crippen LogP contribution in [0.25, 0.3) is 0 Å². The highest BCUT2D eigenvalue weighted by molar-refractivity contribution is 5.93. The summed E-state index contributed by atoms with van der Waals surface area (Å²) in [5.41, 5.74) is -0.642. The molecule has 10 N–H and O–H groups in total. The number of hydrogen-bond donors (Lipinski definition) is 10. The zero-order chi connectivity index (χ0) is 32.0. The number of aliphatic hydroxyl groups excluding tert-OH is 1. The maximum Gasteiger partial charge on any atom is 0.344 e. The normalized spacial score (nSPS) is 15.6. The Morgan fingerprint density at radius 2 is 1.09 bits per heavy atom. The summed E-state index contributed by atoms with van der Waals surface area (Å²) >= 11 is 0. The molecule has 0 radical (unpaired) electrons. The number of esters is 2. The number of carbonyl (C=O) groups is 2. The second kappa shape index (κ2) is 10.9. The van der Waals surface area contributed by atoms with Crippen LogP contribution in [0.2, 0.25) is 0 Å².